The van der Waals surface area contributed by atoms with Gasteiger partial charge in [-0.1, -0.05) is 12.1 Å². The second-order valence-corrected chi connectivity index (χ2v) is 6.40. The Morgan fingerprint density at radius 3 is 2.32 bits per heavy atom. The minimum Gasteiger partial charge on any atom is -0.462 e. The van der Waals surface area contributed by atoms with Crippen molar-refractivity contribution in [3.63, 3.8) is 0 Å². The third-order valence-electron chi connectivity index (χ3n) is 4.41. The number of carbonyl (C=O) groups is 2. The van der Waals surface area contributed by atoms with E-state index in [2.05, 4.69) is 9.84 Å². The Bertz CT molecular complexity index is 1110. The van der Waals surface area contributed by atoms with Crippen LogP contribution in [0.5, 0.6) is 0 Å². The van der Waals surface area contributed by atoms with Gasteiger partial charge in [-0.3, -0.25) is 4.79 Å². The van der Waals surface area contributed by atoms with Gasteiger partial charge >= 0.3 is 12.1 Å². The third-order valence-corrected chi connectivity index (χ3v) is 4.41. The number of rotatable bonds is 5. The molecule has 0 unspecified atom stereocenters. The fraction of sp³-hybridized carbons (Fsp3) is 0.190. The number of ether oxygens (including phenoxy) is 1. The first-order valence-electron chi connectivity index (χ1n) is 9.10. The second kappa shape index (κ2) is 8.58. The summed E-state index contributed by atoms with van der Waals surface area (Å²) >= 11 is 0. The zero-order valence-corrected chi connectivity index (χ0v) is 16.5. The van der Waals surface area contributed by atoms with Crippen LogP contribution in [-0.4, -0.2) is 35.3 Å². The van der Waals surface area contributed by atoms with Crippen LogP contribution >= 0.6 is 0 Å². The highest BCUT2D eigenvalue weighted by Gasteiger charge is 2.41. The molecule has 0 saturated carbocycles. The number of para-hydroxylation sites is 1. The lowest BCUT2D eigenvalue weighted by molar-refractivity contribution is -0.143. The summed E-state index contributed by atoms with van der Waals surface area (Å²) in [6, 6.07) is 10.8. The highest BCUT2D eigenvalue weighted by atomic mass is 19.4. The summed E-state index contributed by atoms with van der Waals surface area (Å²) in [4.78, 5) is 25.6. The number of amides is 1. The molecule has 3 aromatic rings. The Hall–Kier alpha value is -3.69. The zero-order valence-electron chi connectivity index (χ0n) is 16.5. The lowest BCUT2D eigenvalue weighted by Gasteiger charge is -2.18. The van der Waals surface area contributed by atoms with Crippen LogP contribution in [0.25, 0.3) is 5.69 Å². The molecule has 0 saturated heterocycles. The van der Waals surface area contributed by atoms with Crippen molar-refractivity contribution < 1.29 is 31.9 Å². The van der Waals surface area contributed by atoms with E-state index in [9.17, 15) is 27.2 Å². The van der Waals surface area contributed by atoms with Gasteiger partial charge < -0.3 is 9.64 Å². The van der Waals surface area contributed by atoms with E-state index >= 15 is 0 Å². The molecule has 0 atom stereocenters. The molecule has 0 bridgehead atoms. The molecule has 0 radical (unpaired) electrons. The minimum atomic E-state index is -4.88. The SMILES string of the molecule is CCOC(=O)c1cnn(-c2ccc(C(=O)N(C)c3ccccc3F)cc2)c1C(F)(F)F. The summed E-state index contributed by atoms with van der Waals surface area (Å²) in [5.41, 5.74) is -1.84. The van der Waals surface area contributed by atoms with E-state index in [0.717, 1.165) is 11.1 Å². The number of anilines is 1. The summed E-state index contributed by atoms with van der Waals surface area (Å²) in [6.45, 7) is 1.39. The Labute approximate surface area is 174 Å². The van der Waals surface area contributed by atoms with Gasteiger partial charge in [-0.05, 0) is 43.3 Å². The fourth-order valence-corrected chi connectivity index (χ4v) is 2.95. The first-order valence-corrected chi connectivity index (χ1v) is 9.10. The van der Waals surface area contributed by atoms with Gasteiger partial charge in [0.15, 0.2) is 5.69 Å². The molecule has 0 aliphatic carbocycles. The standard InChI is InChI=1S/C21H17F4N3O3/c1-3-31-20(30)15-12-26-28(18(15)21(23,24)25)14-10-8-13(9-11-14)19(29)27(2)17-7-5-4-6-16(17)22/h4-12H,3H2,1-2H3. The van der Waals surface area contributed by atoms with Crippen LogP contribution in [0.4, 0.5) is 23.2 Å². The number of alkyl halides is 3. The molecule has 1 aromatic heterocycles. The van der Waals surface area contributed by atoms with Crippen LogP contribution in [0.1, 0.15) is 33.3 Å². The molecule has 162 valence electrons. The zero-order chi connectivity index (χ0) is 22.8. The predicted molar refractivity (Wildman–Crippen MR) is 104 cm³/mol. The molecule has 0 spiro atoms. The molecule has 6 nitrogen and oxygen atoms in total. The fourth-order valence-electron chi connectivity index (χ4n) is 2.95. The van der Waals surface area contributed by atoms with Crippen LogP contribution in [0.2, 0.25) is 0 Å². The van der Waals surface area contributed by atoms with E-state index in [0.29, 0.717) is 4.68 Å². The van der Waals surface area contributed by atoms with Crippen LogP contribution in [-0.2, 0) is 10.9 Å². The van der Waals surface area contributed by atoms with Gasteiger partial charge in [-0.25, -0.2) is 13.9 Å². The Morgan fingerprint density at radius 2 is 1.74 bits per heavy atom. The topological polar surface area (TPSA) is 64.4 Å². The summed E-state index contributed by atoms with van der Waals surface area (Å²) in [6.07, 6.45) is -4.09. The number of benzene rings is 2. The van der Waals surface area contributed by atoms with Gasteiger partial charge in [0.05, 0.1) is 24.2 Å². The van der Waals surface area contributed by atoms with Crippen molar-refractivity contribution in [2.75, 3.05) is 18.6 Å². The second-order valence-electron chi connectivity index (χ2n) is 6.40. The van der Waals surface area contributed by atoms with Crippen LogP contribution in [0, 0.1) is 5.82 Å². The van der Waals surface area contributed by atoms with Crippen molar-refractivity contribution >= 4 is 17.6 Å². The van der Waals surface area contributed by atoms with E-state index in [1.165, 1.54) is 56.4 Å². The molecule has 3 rings (SSSR count). The van der Waals surface area contributed by atoms with E-state index < -0.39 is 35.1 Å². The number of hydrogen-bond donors (Lipinski definition) is 0. The number of nitrogens with zero attached hydrogens (tertiary/aromatic N) is 3. The molecule has 0 aliphatic heterocycles. The monoisotopic (exact) mass is 435 g/mol. The predicted octanol–water partition coefficient (Wildman–Crippen LogP) is 4.48. The normalized spacial score (nSPS) is 11.3. The Balaban J connectivity index is 1.94. The molecule has 0 fully saturated rings. The van der Waals surface area contributed by atoms with Gasteiger partial charge in [0.25, 0.3) is 5.91 Å². The molecule has 10 heteroatoms. The Kier molecular flexibility index (Phi) is 6.09. The average molecular weight is 435 g/mol. The van der Waals surface area contributed by atoms with Gasteiger partial charge in [-0.2, -0.15) is 18.3 Å². The molecule has 2 aromatic carbocycles. The van der Waals surface area contributed by atoms with Crippen molar-refractivity contribution in [3.05, 3.63) is 77.4 Å². The smallest absolute Gasteiger partial charge is 0.434 e. The van der Waals surface area contributed by atoms with Gasteiger partial charge in [0, 0.05) is 12.6 Å². The number of aromatic nitrogens is 2. The van der Waals surface area contributed by atoms with E-state index in [4.69, 9.17) is 0 Å². The maximum Gasteiger partial charge on any atom is 0.434 e. The van der Waals surface area contributed by atoms with Crippen molar-refractivity contribution in [2.45, 2.75) is 13.1 Å². The first kappa shape index (κ1) is 22.0. The lowest BCUT2D eigenvalue weighted by Crippen LogP contribution is -2.27. The van der Waals surface area contributed by atoms with Crippen LogP contribution in [0.15, 0.2) is 54.7 Å². The quantitative estimate of drug-likeness (QED) is 0.438. The molecule has 0 aliphatic rings. The maximum absolute atomic E-state index is 13.9. The van der Waals surface area contributed by atoms with Gasteiger partial charge in [0.2, 0.25) is 0 Å². The Morgan fingerprint density at radius 1 is 1.10 bits per heavy atom. The number of hydrogen-bond acceptors (Lipinski definition) is 4. The molecule has 1 amide bonds. The van der Waals surface area contributed by atoms with Crippen molar-refractivity contribution in [1.82, 2.24) is 9.78 Å². The number of carbonyl (C=O) groups excluding carboxylic acids is 2. The van der Waals surface area contributed by atoms with E-state index in [1.54, 1.807) is 6.07 Å². The van der Waals surface area contributed by atoms with Gasteiger partial charge in [-0.15, -0.1) is 0 Å². The van der Waals surface area contributed by atoms with Crippen molar-refractivity contribution in [2.24, 2.45) is 0 Å². The summed E-state index contributed by atoms with van der Waals surface area (Å²) < 4.78 is 60.0. The summed E-state index contributed by atoms with van der Waals surface area (Å²) in [7, 11) is 1.38. The number of halogens is 4. The third kappa shape index (κ3) is 4.42. The molecular formula is C21H17F4N3O3. The van der Waals surface area contributed by atoms with Crippen molar-refractivity contribution in [1.29, 1.82) is 0 Å². The lowest BCUT2D eigenvalue weighted by atomic mass is 10.1. The summed E-state index contributed by atoms with van der Waals surface area (Å²) in [5.74, 6) is -2.28. The van der Waals surface area contributed by atoms with Crippen molar-refractivity contribution in [3.8, 4) is 5.69 Å². The largest absolute Gasteiger partial charge is 0.462 e. The van der Waals surface area contributed by atoms with E-state index in [1.807, 2.05) is 0 Å². The molecule has 0 N–H and O–H groups in total. The maximum atomic E-state index is 13.9. The van der Waals surface area contributed by atoms with E-state index in [-0.39, 0.29) is 23.5 Å². The van der Waals surface area contributed by atoms with Crippen LogP contribution < -0.4 is 4.90 Å². The summed E-state index contributed by atoms with van der Waals surface area (Å²) in [5, 5.41) is 3.68. The number of esters is 1. The molecular weight excluding hydrogens is 418 g/mol. The highest BCUT2D eigenvalue weighted by molar-refractivity contribution is 6.05. The first-order chi connectivity index (χ1) is 14.6. The molecule has 31 heavy (non-hydrogen) atoms. The average Bonchev–Trinajstić information content (AvgIpc) is 3.19. The van der Waals surface area contributed by atoms with Gasteiger partial charge in [0.1, 0.15) is 11.4 Å². The molecule has 1 heterocycles. The minimum absolute atomic E-state index is 0.0204. The van der Waals surface area contributed by atoms with Crippen LogP contribution in [0.3, 0.4) is 0 Å². The highest BCUT2D eigenvalue weighted by Crippen LogP contribution is 2.34.